The molecule has 4 rings (SSSR count). The molecule has 0 unspecified atom stereocenters. The van der Waals surface area contributed by atoms with Gasteiger partial charge in [-0.1, -0.05) is 0 Å². The molecule has 26 heavy (non-hydrogen) atoms. The number of aromatic nitrogens is 3. The van der Waals surface area contributed by atoms with Gasteiger partial charge in [-0.15, -0.1) is 10.2 Å². The summed E-state index contributed by atoms with van der Waals surface area (Å²) >= 11 is 0. The summed E-state index contributed by atoms with van der Waals surface area (Å²) in [4.78, 5) is 6.11. The molecule has 1 N–H and O–H groups in total. The van der Waals surface area contributed by atoms with Gasteiger partial charge < -0.3 is 4.90 Å². The fraction of sp³-hybridized carbons (Fsp3) is 0.471. The van der Waals surface area contributed by atoms with E-state index in [4.69, 9.17) is 0 Å². The number of nitrogens with one attached hydrogen (secondary N) is 1. The summed E-state index contributed by atoms with van der Waals surface area (Å²) in [5, 5.41) is 8.57. The van der Waals surface area contributed by atoms with Crippen molar-refractivity contribution in [1.29, 1.82) is 0 Å². The van der Waals surface area contributed by atoms with E-state index in [9.17, 15) is 8.42 Å². The maximum absolute atomic E-state index is 12.2. The Labute approximate surface area is 153 Å². The van der Waals surface area contributed by atoms with E-state index in [0.717, 1.165) is 43.0 Å². The first kappa shape index (κ1) is 17.3. The van der Waals surface area contributed by atoms with Gasteiger partial charge in [-0.2, -0.15) is 12.7 Å². The summed E-state index contributed by atoms with van der Waals surface area (Å²) in [5.41, 5.74) is 1.79. The second kappa shape index (κ2) is 7.26. The third kappa shape index (κ3) is 3.69. The molecule has 0 atom stereocenters. The summed E-state index contributed by atoms with van der Waals surface area (Å²) in [6.45, 7) is 3.30. The lowest BCUT2D eigenvalue weighted by Gasteiger charge is -2.40. The average Bonchev–Trinajstić information content (AvgIpc) is 3.17. The number of rotatable bonds is 6. The molecule has 2 saturated heterocycles. The summed E-state index contributed by atoms with van der Waals surface area (Å²) in [5.74, 6) is 1.12. The molecular formula is C17H22N6O2S. The molecule has 4 heterocycles. The Morgan fingerprint density at radius 3 is 2.42 bits per heavy atom. The number of hydrogen-bond donors (Lipinski definition) is 1. The summed E-state index contributed by atoms with van der Waals surface area (Å²) < 4.78 is 28.6. The molecule has 0 aromatic carbocycles. The van der Waals surface area contributed by atoms with Crippen LogP contribution >= 0.6 is 0 Å². The van der Waals surface area contributed by atoms with Crippen molar-refractivity contribution < 1.29 is 8.42 Å². The van der Waals surface area contributed by atoms with E-state index in [-0.39, 0.29) is 0 Å². The van der Waals surface area contributed by atoms with Crippen molar-refractivity contribution in [2.75, 3.05) is 37.6 Å². The van der Waals surface area contributed by atoms with Crippen LogP contribution in [0.25, 0.3) is 11.3 Å². The molecule has 2 aromatic rings. The predicted molar refractivity (Wildman–Crippen MR) is 98.7 cm³/mol. The largest absolute Gasteiger partial charge is 0.354 e. The number of nitrogens with zero attached hydrogens (tertiary/aromatic N) is 5. The maximum Gasteiger partial charge on any atom is 0.279 e. The second-order valence-corrected chi connectivity index (χ2v) is 8.50. The molecule has 0 amide bonds. The Balaban J connectivity index is 1.28. The first-order chi connectivity index (χ1) is 12.6. The van der Waals surface area contributed by atoms with Gasteiger partial charge in [-0.3, -0.25) is 4.98 Å². The van der Waals surface area contributed by atoms with Crippen LogP contribution in [0.2, 0.25) is 0 Å². The molecule has 0 radical (unpaired) electrons. The first-order valence-electron chi connectivity index (χ1n) is 8.86. The topological polar surface area (TPSA) is 91.3 Å². The second-order valence-electron chi connectivity index (χ2n) is 6.74. The van der Waals surface area contributed by atoms with E-state index in [1.165, 1.54) is 4.31 Å². The van der Waals surface area contributed by atoms with Gasteiger partial charge in [0.05, 0.1) is 5.69 Å². The molecule has 2 aromatic heterocycles. The lowest BCUT2D eigenvalue weighted by Crippen LogP contribution is -2.53. The van der Waals surface area contributed by atoms with Crippen LogP contribution in [-0.2, 0) is 10.2 Å². The van der Waals surface area contributed by atoms with Crippen molar-refractivity contribution in [3.05, 3.63) is 36.7 Å². The standard InChI is InChI=1S/C17H22N6O2S/c24-26(25,23-9-1-2-10-23)19-11-14-12-22(13-14)17-4-3-16(20-21-17)15-5-7-18-8-6-15/h3-8,14,19H,1-2,9-13H2. The van der Waals surface area contributed by atoms with Gasteiger partial charge in [-0.05, 0) is 37.1 Å². The molecule has 9 heteroatoms. The van der Waals surface area contributed by atoms with Crippen LogP contribution in [0.5, 0.6) is 0 Å². The third-order valence-electron chi connectivity index (χ3n) is 4.87. The monoisotopic (exact) mass is 374 g/mol. The minimum absolute atomic E-state index is 0.300. The molecule has 8 nitrogen and oxygen atoms in total. The summed E-state index contributed by atoms with van der Waals surface area (Å²) in [6, 6.07) is 7.69. The van der Waals surface area contributed by atoms with E-state index < -0.39 is 10.2 Å². The van der Waals surface area contributed by atoms with Gasteiger partial charge in [0.1, 0.15) is 0 Å². The van der Waals surface area contributed by atoms with E-state index in [1.54, 1.807) is 12.4 Å². The van der Waals surface area contributed by atoms with Crippen LogP contribution in [-0.4, -0.2) is 60.6 Å². The van der Waals surface area contributed by atoms with E-state index >= 15 is 0 Å². The van der Waals surface area contributed by atoms with Crippen molar-refractivity contribution in [3.63, 3.8) is 0 Å². The SMILES string of the molecule is O=S(=O)(NCC1CN(c2ccc(-c3ccncc3)nn2)C1)N1CCCC1. The zero-order valence-electron chi connectivity index (χ0n) is 14.5. The maximum atomic E-state index is 12.2. The molecule has 2 aliphatic heterocycles. The Morgan fingerprint density at radius 2 is 1.77 bits per heavy atom. The predicted octanol–water partition coefficient (Wildman–Crippen LogP) is 0.905. The molecule has 2 fully saturated rings. The minimum Gasteiger partial charge on any atom is -0.354 e. The van der Waals surface area contributed by atoms with E-state index in [0.29, 0.717) is 25.6 Å². The molecule has 0 spiro atoms. The fourth-order valence-electron chi connectivity index (χ4n) is 3.30. The smallest absolute Gasteiger partial charge is 0.279 e. The molecular weight excluding hydrogens is 352 g/mol. The lowest BCUT2D eigenvalue weighted by atomic mass is 10.0. The Bertz CT molecular complexity index is 831. The zero-order chi connectivity index (χ0) is 18.0. The number of anilines is 1. The van der Waals surface area contributed by atoms with Crippen molar-refractivity contribution >= 4 is 16.0 Å². The van der Waals surface area contributed by atoms with Crippen molar-refractivity contribution in [2.45, 2.75) is 12.8 Å². The highest BCUT2D eigenvalue weighted by Crippen LogP contribution is 2.24. The lowest BCUT2D eigenvalue weighted by molar-refractivity contribution is 0.392. The molecule has 138 valence electrons. The van der Waals surface area contributed by atoms with Gasteiger partial charge in [0, 0.05) is 56.6 Å². The van der Waals surface area contributed by atoms with E-state index in [1.807, 2.05) is 24.3 Å². The van der Waals surface area contributed by atoms with E-state index in [2.05, 4.69) is 24.8 Å². The highest BCUT2D eigenvalue weighted by molar-refractivity contribution is 7.87. The Kier molecular flexibility index (Phi) is 4.84. The van der Waals surface area contributed by atoms with Gasteiger partial charge in [0.25, 0.3) is 10.2 Å². The molecule has 2 aliphatic rings. The number of pyridine rings is 1. The zero-order valence-corrected chi connectivity index (χ0v) is 15.3. The Hall–Kier alpha value is -2.10. The van der Waals surface area contributed by atoms with Crippen LogP contribution in [0.3, 0.4) is 0 Å². The van der Waals surface area contributed by atoms with Crippen LogP contribution in [0.15, 0.2) is 36.7 Å². The third-order valence-corrected chi connectivity index (χ3v) is 6.44. The summed E-state index contributed by atoms with van der Waals surface area (Å²) in [6.07, 6.45) is 5.36. The van der Waals surface area contributed by atoms with Gasteiger partial charge in [-0.25, -0.2) is 4.72 Å². The normalized spacial score (nSPS) is 18.8. The van der Waals surface area contributed by atoms with Crippen LogP contribution in [0.1, 0.15) is 12.8 Å². The highest BCUT2D eigenvalue weighted by Gasteiger charge is 2.31. The average molecular weight is 374 g/mol. The molecule has 0 aliphatic carbocycles. The van der Waals surface area contributed by atoms with Gasteiger partial charge in [0.2, 0.25) is 0 Å². The van der Waals surface area contributed by atoms with Crippen LogP contribution in [0, 0.1) is 5.92 Å². The van der Waals surface area contributed by atoms with Crippen LogP contribution < -0.4 is 9.62 Å². The van der Waals surface area contributed by atoms with Gasteiger partial charge in [0.15, 0.2) is 5.82 Å². The van der Waals surface area contributed by atoms with Crippen molar-refractivity contribution in [2.24, 2.45) is 5.92 Å². The van der Waals surface area contributed by atoms with Crippen molar-refractivity contribution in [1.82, 2.24) is 24.2 Å². The molecule has 0 bridgehead atoms. The first-order valence-corrected chi connectivity index (χ1v) is 10.3. The summed E-state index contributed by atoms with van der Waals surface area (Å²) in [7, 11) is -3.32. The highest BCUT2D eigenvalue weighted by atomic mass is 32.2. The van der Waals surface area contributed by atoms with Crippen LogP contribution in [0.4, 0.5) is 5.82 Å². The quantitative estimate of drug-likeness (QED) is 0.808. The Morgan fingerprint density at radius 1 is 1.04 bits per heavy atom. The minimum atomic E-state index is -3.32. The molecule has 0 saturated carbocycles. The fourth-order valence-corrected chi connectivity index (χ4v) is 4.67. The number of hydrogen-bond acceptors (Lipinski definition) is 6. The van der Waals surface area contributed by atoms with Gasteiger partial charge >= 0.3 is 0 Å². The van der Waals surface area contributed by atoms with Crippen molar-refractivity contribution in [3.8, 4) is 11.3 Å².